The molecule has 3 aliphatic rings. The van der Waals surface area contributed by atoms with Crippen molar-refractivity contribution < 1.29 is 38.8 Å². The van der Waals surface area contributed by atoms with Crippen LogP contribution >= 0.6 is 0 Å². The van der Waals surface area contributed by atoms with Crippen LogP contribution in [-0.4, -0.2) is 59.3 Å². The molecule has 54 heavy (non-hydrogen) atoms. The van der Waals surface area contributed by atoms with Crippen LogP contribution in [-0.2, 0) is 24.7 Å². The topological polar surface area (TPSA) is 135 Å². The van der Waals surface area contributed by atoms with E-state index in [2.05, 4.69) is 17.2 Å². The standard InChI is InChI=1S/C44H36N2O8/c1-52-32-19-14-27(15-20-32)12-13-28-16-23-35-34(26-28)37-36(41(48)49)39-42(50)54-40(30-10-6-3-7-11-30)38(29-8-4-2-5-9-29)46(39)44(37,43(51)45-35)31-17-21-33(22-18-31)53-25-24-47/h2-11,14-23,26,36-40,47H,24-25H2,1H3,(H,45,51)(H,48,49)/t36-,37+,38-,39-,40+,44+/m1/s1. The van der Waals surface area contributed by atoms with Gasteiger partial charge >= 0.3 is 11.9 Å². The number of morpholine rings is 1. The van der Waals surface area contributed by atoms with Gasteiger partial charge < -0.3 is 29.7 Å². The highest BCUT2D eigenvalue weighted by atomic mass is 16.6. The first-order valence-electron chi connectivity index (χ1n) is 17.6. The number of methoxy groups -OCH3 is 1. The average Bonchev–Trinajstić information content (AvgIpc) is 3.55. The van der Waals surface area contributed by atoms with Gasteiger partial charge in [-0.1, -0.05) is 84.6 Å². The molecule has 6 atom stereocenters. The van der Waals surface area contributed by atoms with Crippen LogP contribution in [0.15, 0.2) is 127 Å². The minimum absolute atomic E-state index is 0.0667. The van der Waals surface area contributed by atoms with Crippen molar-refractivity contribution in [1.82, 2.24) is 4.90 Å². The molecule has 0 aromatic heterocycles. The molecule has 2 fully saturated rings. The van der Waals surface area contributed by atoms with E-state index in [1.165, 1.54) is 0 Å². The summed E-state index contributed by atoms with van der Waals surface area (Å²) in [5, 5.41) is 23.7. The third-order valence-corrected chi connectivity index (χ3v) is 10.6. The molecule has 10 heteroatoms. The number of carbonyl (C=O) groups excluding carboxylic acids is 2. The Morgan fingerprint density at radius 3 is 2.09 bits per heavy atom. The number of carboxylic acids is 1. The molecule has 3 aliphatic heterocycles. The lowest BCUT2D eigenvalue weighted by Gasteiger charge is -2.51. The summed E-state index contributed by atoms with van der Waals surface area (Å²) in [5.41, 5.74) is 2.51. The number of nitrogens with one attached hydrogen (secondary N) is 1. The highest BCUT2D eigenvalue weighted by molar-refractivity contribution is 6.06. The number of amides is 1. The number of aliphatic carboxylic acids is 1. The maximum absolute atomic E-state index is 15.2. The van der Waals surface area contributed by atoms with Crippen molar-refractivity contribution in [3.63, 3.8) is 0 Å². The Hall–Kier alpha value is -6.41. The predicted molar refractivity (Wildman–Crippen MR) is 199 cm³/mol. The van der Waals surface area contributed by atoms with E-state index in [1.807, 2.05) is 91.0 Å². The first-order valence-corrected chi connectivity index (χ1v) is 17.6. The van der Waals surface area contributed by atoms with E-state index in [9.17, 15) is 19.8 Å². The molecule has 3 heterocycles. The number of nitrogens with zero attached hydrogens (tertiary/aromatic N) is 1. The molecule has 270 valence electrons. The summed E-state index contributed by atoms with van der Waals surface area (Å²) in [6.45, 7) is -0.120. The number of aliphatic hydroxyl groups excluding tert-OH is 1. The van der Waals surface area contributed by atoms with Gasteiger partial charge in [0, 0.05) is 22.7 Å². The van der Waals surface area contributed by atoms with Crippen molar-refractivity contribution in [1.29, 1.82) is 0 Å². The number of ether oxygens (including phenoxy) is 3. The highest BCUT2D eigenvalue weighted by Crippen LogP contribution is 2.64. The predicted octanol–water partition coefficient (Wildman–Crippen LogP) is 5.82. The van der Waals surface area contributed by atoms with Gasteiger partial charge in [0.05, 0.1) is 25.7 Å². The number of rotatable bonds is 8. The zero-order valence-electron chi connectivity index (χ0n) is 29.2. The number of hydrogen-bond acceptors (Lipinski definition) is 8. The molecule has 0 aliphatic carbocycles. The average molecular weight is 721 g/mol. The van der Waals surface area contributed by atoms with Gasteiger partial charge in [-0.25, -0.2) is 0 Å². The van der Waals surface area contributed by atoms with Gasteiger partial charge in [0.1, 0.15) is 35.8 Å². The van der Waals surface area contributed by atoms with Crippen molar-refractivity contribution in [3.8, 4) is 23.3 Å². The maximum Gasteiger partial charge on any atom is 0.325 e. The molecule has 5 aromatic rings. The van der Waals surface area contributed by atoms with Crippen LogP contribution in [0.5, 0.6) is 11.5 Å². The highest BCUT2D eigenvalue weighted by Gasteiger charge is 2.73. The molecule has 0 unspecified atom stereocenters. The third kappa shape index (κ3) is 5.75. The first kappa shape index (κ1) is 34.7. The summed E-state index contributed by atoms with van der Waals surface area (Å²) in [6, 6.07) is 36.1. The van der Waals surface area contributed by atoms with Gasteiger partial charge in [0.2, 0.25) is 5.91 Å². The maximum atomic E-state index is 15.2. The van der Waals surface area contributed by atoms with E-state index in [0.29, 0.717) is 39.4 Å². The van der Waals surface area contributed by atoms with E-state index in [4.69, 9.17) is 14.2 Å². The molecule has 1 amide bonds. The van der Waals surface area contributed by atoms with Crippen molar-refractivity contribution >= 4 is 23.5 Å². The Kier molecular flexibility index (Phi) is 9.11. The van der Waals surface area contributed by atoms with Gasteiger partial charge in [-0.3, -0.25) is 19.3 Å². The number of esters is 1. The Morgan fingerprint density at radius 2 is 1.44 bits per heavy atom. The fourth-order valence-corrected chi connectivity index (χ4v) is 8.36. The van der Waals surface area contributed by atoms with Crippen LogP contribution in [0.4, 0.5) is 5.69 Å². The monoisotopic (exact) mass is 720 g/mol. The number of benzene rings is 5. The molecule has 8 rings (SSSR count). The molecule has 0 radical (unpaired) electrons. The smallest absolute Gasteiger partial charge is 0.325 e. The molecule has 0 bridgehead atoms. The normalized spacial score (nSPS) is 24.1. The minimum Gasteiger partial charge on any atom is -0.497 e. The molecule has 0 spiro atoms. The van der Waals surface area contributed by atoms with Crippen LogP contribution in [0.25, 0.3) is 0 Å². The first-order chi connectivity index (χ1) is 26.3. The molecule has 10 nitrogen and oxygen atoms in total. The summed E-state index contributed by atoms with van der Waals surface area (Å²) in [7, 11) is 1.59. The van der Waals surface area contributed by atoms with Crippen molar-refractivity contribution in [2.75, 3.05) is 25.6 Å². The van der Waals surface area contributed by atoms with E-state index in [1.54, 1.807) is 48.4 Å². The molecule has 2 saturated heterocycles. The Morgan fingerprint density at radius 1 is 0.815 bits per heavy atom. The quantitative estimate of drug-likeness (QED) is 0.134. The van der Waals surface area contributed by atoms with E-state index in [0.717, 1.165) is 11.1 Å². The van der Waals surface area contributed by atoms with Crippen molar-refractivity contribution in [2.24, 2.45) is 5.92 Å². The second kappa shape index (κ2) is 14.2. The summed E-state index contributed by atoms with van der Waals surface area (Å²) >= 11 is 0. The van der Waals surface area contributed by atoms with Crippen LogP contribution < -0.4 is 14.8 Å². The lowest BCUT2D eigenvalue weighted by atomic mass is 9.67. The van der Waals surface area contributed by atoms with Gasteiger partial charge in [-0.15, -0.1) is 0 Å². The van der Waals surface area contributed by atoms with Gasteiger partial charge in [0.15, 0.2) is 0 Å². The number of carboxylic acid groups (broad SMARTS) is 1. The zero-order chi connectivity index (χ0) is 37.4. The second-order valence-electron chi connectivity index (χ2n) is 13.4. The van der Waals surface area contributed by atoms with Gasteiger partial charge in [-0.05, 0) is 76.9 Å². The molecular formula is C44H36N2O8. The van der Waals surface area contributed by atoms with Crippen molar-refractivity contribution in [3.05, 3.63) is 161 Å². The number of carbonyl (C=O) groups is 3. The number of aliphatic hydroxyl groups is 1. The van der Waals surface area contributed by atoms with E-state index < -0.39 is 53.4 Å². The Balaban J connectivity index is 1.37. The van der Waals surface area contributed by atoms with E-state index >= 15 is 4.79 Å². The van der Waals surface area contributed by atoms with Gasteiger partial charge in [-0.2, -0.15) is 0 Å². The zero-order valence-corrected chi connectivity index (χ0v) is 29.2. The summed E-state index contributed by atoms with van der Waals surface area (Å²) in [4.78, 5) is 45.2. The van der Waals surface area contributed by atoms with E-state index in [-0.39, 0.29) is 13.2 Å². The largest absolute Gasteiger partial charge is 0.497 e. The summed E-state index contributed by atoms with van der Waals surface area (Å²) in [6.07, 6.45) is -0.884. The fourth-order valence-electron chi connectivity index (χ4n) is 8.36. The summed E-state index contributed by atoms with van der Waals surface area (Å²) < 4.78 is 17.2. The summed E-state index contributed by atoms with van der Waals surface area (Å²) in [5.74, 6) is 2.62. The molecule has 0 saturated carbocycles. The van der Waals surface area contributed by atoms with Crippen LogP contribution in [0, 0.1) is 17.8 Å². The number of fused-ring (bicyclic) bond motifs is 5. The third-order valence-electron chi connectivity index (χ3n) is 10.6. The number of anilines is 1. The number of cyclic esters (lactones) is 1. The van der Waals surface area contributed by atoms with Crippen LogP contribution in [0.1, 0.15) is 51.4 Å². The fraction of sp³-hybridized carbons (Fsp3) is 0.205. The van der Waals surface area contributed by atoms with Crippen LogP contribution in [0.2, 0.25) is 0 Å². The Labute approximate surface area is 311 Å². The Bertz CT molecular complexity index is 2270. The number of hydrogen-bond donors (Lipinski definition) is 3. The minimum atomic E-state index is -1.73. The second-order valence-corrected chi connectivity index (χ2v) is 13.4. The SMILES string of the molecule is COc1ccc(C#Cc2ccc3c(c2)[C@H]2[C@@H](C(=O)O)[C@@H]4C(=O)O[C@@H](c5ccccc5)[C@@H](c5ccccc5)N4[C@]2(c2ccc(OCCO)cc2)C(=O)N3)cc1. The van der Waals surface area contributed by atoms with Gasteiger partial charge in [0.25, 0.3) is 0 Å². The molecule has 3 N–H and O–H groups in total. The van der Waals surface area contributed by atoms with Crippen LogP contribution in [0.3, 0.4) is 0 Å². The molecule has 5 aromatic carbocycles. The lowest BCUT2D eigenvalue weighted by molar-refractivity contribution is -0.184. The van der Waals surface area contributed by atoms with Crippen molar-refractivity contribution in [2.45, 2.75) is 29.6 Å². The lowest BCUT2D eigenvalue weighted by Crippen LogP contribution is -2.61. The molecular weight excluding hydrogens is 684 g/mol.